The molecule has 0 bridgehead atoms. The van der Waals surface area contributed by atoms with Gasteiger partial charge in [0, 0.05) is 41.6 Å². The van der Waals surface area contributed by atoms with Crippen molar-refractivity contribution in [3.63, 3.8) is 0 Å². The van der Waals surface area contributed by atoms with Crippen LogP contribution in [0.2, 0.25) is 0 Å². The summed E-state index contributed by atoms with van der Waals surface area (Å²) < 4.78 is 0. The van der Waals surface area contributed by atoms with Crippen LogP contribution in [0.3, 0.4) is 0 Å². The molecule has 0 atom stereocenters. The molecule has 0 spiro atoms. The number of nitrogens with one attached hydrogen (secondary N) is 2. The second-order valence-electron chi connectivity index (χ2n) is 6.25. The number of aromatic nitrogens is 3. The normalized spacial score (nSPS) is 10.8. The molecule has 0 aliphatic rings. The van der Waals surface area contributed by atoms with Gasteiger partial charge < -0.3 is 10.3 Å². The average Bonchev–Trinajstić information content (AvgIpc) is 3.17. The first-order chi connectivity index (χ1) is 13.6. The van der Waals surface area contributed by atoms with Gasteiger partial charge in [-0.15, -0.1) is 11.3 Å². The molecule has 0 saturated carbocycles. The molecule has 0 radical (unpaired) electrons. The highest BCUT2D eigenvalue weighted by Crippen LogP contribution is 2.23. The number of aryl methyl sites for hydroxylation is 1. The van der Waals surface area contributed by atoms with E-state index in [0.717, 1.165) is 16.3 Å². The van der Waals surface area contributed by atoms with Crippen molar-refractivity contribution in [1.29, 1.82) is 0 Å². The molecule has 2 heterocycles. The van der Waals surface area contributed by atoms with Gasteiger partial charge in [-0.2, -0.15) is 0 Å². The molecule has 1 amide bonds. The topological polar surface area (TPSA) is 87.7 Å². The van der Waals surface area contributed by atoms with Crippen molar-refractivity contribution < 1.29 is 4.79 Å². The lowest BCUT2D eigenvalue weighted by Crippen LogP contribution is -2.27. The van der Waals surface area contributed by atoms with Crippen molar-refractivity contribution >= 4 is 29.0 Å². The number of carbonyl (C=O) groups excluding carboxylic acids is 1. The number of nitrogens with zero attached hydrogens (tertiary/aromatic N) is 2. The molecule has 0 saturated heterocycles. The fraction of sp³-hybridized carbons (Fsp3) is 0.300. The van der Waals surface area contributed by atoms with Crippen LogP contribution in [0.5, 0.6) is 0 Å². The lowest BCUT2D eigenvalue weighted by Gasteiger charge is -2.07. The molecule has 1 aromatic carbocycles. The zero-order valence-electron chi connectivity index (χ0n) is 15.8. The second-order valence-corrected chi connectivity index (χ2v) is 7.90. The Kier molecular flexibility index (Phi) is 7.00. The van der Waals surface area contributed by atoms with Gasteiger partial charge in [0.15, 0.2) is 5.16 Å². The molecule has 8 heteroatoms. The van der Waals surface area contributed by atoms with Gasteiger partial charge in [-0.25, -0.2) is 9.97 Å². The van der Waals surface area contributed by atoms with Gasteiger partial charge in [-0.1, -0.05) is 42.1 Å². The van der Waals surface area contributed by atoms with Gasteiger partial charge in [0.25, 0.3) is 5.56 Å². The van der Waals surface area contributed by atoms with Gasteiger partial charge >= 0.3 is 0 Å². The third-order valence-electron chi connectivity index (χ3n) is 4.27. The van der Waals surface area contributed by atoms with Crippen molar-refractivity contribution in [1.82, 2.24) is 20.3 Å². The number of H-pyrrole nitrogens is 1. The molecular weight excluding hydrogens is 392 g/mol. The van der Waals surface area contributed by atoms with Gasteiger partial charge in [-0.05, 0) is 19.6 Å². The Hall–Kier alpha value is -2.45. The Balaban J connectivity index is 1.47. The van der Waals surface area contributed by atoms with Gasteiger partial charge in [-0.3, -0.25) is 9.59 Å². The van der Waals surface area contributed by atoms with E-state index in [4.69, 9.17) is 0 Å². The first-order valence-corrected chi connectivity index (χ1v) is 11.1. The maximum Gasteiger partial charge on any atom is 0.254 e. The summed E-state index contributed by atoms with van der Waals surface area (Å²) in [4.78, 5) is 35.9. The van der Waals surface area contributed by atoms with E-state index in [1.54, 1.807) is 18.3 Å². The van der Waals surface area contributed by atoms with Gasteiger partial charge in [0.2, 0.25) is 5.91 Å². The molecule has 0 aliphatic heterocycles. The minimum Gasteiger partial charge on any atom is -0.356 e. The summed E-state index contributed by atoms with van der Waals surface area (Å²) in [6.07, 6.45) is 3.18. The summed E-state index contributed by atoms with van der Waals surface area (Å²) in [6, 6.07) is 10.0. The fourth-order valence-corrected chi connectivity index (χ4v) is 4.05. The van der Waals surface area contributed by atoms with Crippen LogP contribution in [0, 0.1) is 6.92 Å². The number of aromatic amines is 1. The number of hydrogen-bond donors (Lipinski definition) is 2. The quantitative estimate of drug-likeness (QED) is 0.436. The number of thiazole rings is 1. The number of amides is 1. The van der Waals surface area contributed by atoms with Crippen molar-refractivity contribution in [2.75, 3.05) is 12.8 Å². The first kappa shape index (κ1) is 20.3. The molecule has 28 heavy (non-hydrogen) atoms. The van der Waals surface area contributed by atoms with Crippen LogP contribution in [0.25, 0.3) is 10.6 Å². The van der Waals surface area contributed by atoms with Crippen molar-refractivity contribution in [2.45, 2.75) is 31.3 Å². The summed E-state index contributed by atoms with van der Waals surface area (Å²) in [5, 5.41) is 6.50. The van der Waals surface area contributed by atoms with Crippen molar-refractivity contribution in [2.24, 2.45) is 0 Å². The van der Waals surface area contributed by atoms with Crippen LogP contribution in [0.1, 0.15) is 23.4 Å². The highest BCUT2D eigenvalue weighted by Gasteiger charge is 2.11. The van der Waals surface area contributed by atoms with Crippen molar-refractivity contribution in [3.05, 3.63) is 63.0 Å². The molecule has 0 aliphatic carbocycles. The second kappa shape index (κ2) is 9.66. The van der Waals surface area contributed by atoms with E-state index < -0.39 is 0 Å². The van der Waals surface area contributed by atoms with E-state index >= 15 is 0 Å². The number of hydrogen-bond acceptors (Lipinski definition) is 6. The van der Waals surface area contributed by atoms with Gasteiger partial charge in [0.05, 0.1) is 5.69 Å². The Bertz CT molecular complexity index is 999. The molecule has 146 valence electrons. The SMILES string of the molecule is CSc1nc(C)c(CCC(=O)NCCc2csc(-c3ccccc3)n2)c(=O)[nH]1. The van der Waals surface area contributed by atoms with Crippen LogP contribution in [-0.2, 0) is 17.6 Å². The Morgan fingerprint density at radius 2 is 2.00 bits per heavy atom. The highest BCUT2D eigenvalue weighted by molar-refractivity contribution is 7.98. The standard InChI is InChI=1S/C20H22N4O2S2/c1-13-16(18(26)24-20(22-13)27-2)8-9-17(25)21-11-10-15-12-28-19(23-15)14-6-4-3-5-7-14/h3-7,12H,8-11H2,1-2H3,(H,21,25)(H,22,24,26). The molecular formula is C20H22N4O2S2. The number of thioether (sulfide) groups is 1. The third kappa shape index (κ3) is 5.30. The zero-order valence-corrected chi connectivity index (χ0v) is 17.5. The predicted molar refractivity (Wildman–Crippen MR) is 114 cm³/mol. The maximum atomic E-state index is 12.1. The molecule has 2 N–H and O–H groups in total. The van der Waals surface area contributed by atoms with E-state index in [1.807, 2.05) is 42.0 Å². The van der Waals surface area contributed by atoms with Crippen LogP contribution in [-0.4, -0.2) is 33.7 Å². The Morgan fingerprint density at radius 1 is 1.21 bits per heavy atom. The molecule has 3 aromatic rings. The molecule has 3 rings (SSSR count). The van der Waals surface area contributed by atoms with Crippen molar-refractivity contribution in [3.8, 4) is 10.6 Å². The lowest BCUT2D eigenvalue weighted by molar-refractivity contribution is -0.121. The Morgan fingerprint density at radius 3 is 2.71 bits per heavy atom. The summed E-state index contributed by atoms with van der Waals surface area (Å²) in [5.74, 6) is -0.0775. The lowest BCUT2D eigenvalue weighted by atomic mass is 10.1. The minimum atomic E-state index is -0.166. The van der Waals surface area contributed by atoms with Crippen LogP contribution in [0.15, 0.2) is 45.7 Å². The van der Waals surface area contributed by atoms with Crippen LogP contribution < -0.4 is 10.9 Å². The largest absolute Gasteiger partial charge is 0.356 e. The molecule has 0 unspecified atom stereocenters. The average molecular weight is 415 g/mol. The molecule has 0 fully saturated rings. The summed E-state index contributed by atoms with van der Waals surface area (Å²) in [7, 11) is 0. The number of benzene rings is 1. The van der Waals surface area contributed by atoms with E-state index in [1.165, 1.54) is 11.8 Å². The van der Waals surface area contributed by atoms with Crippen LogP contribution in [0.4, 0.5) is 0 Å². The van der Waals surface area contributed by atoms with E-state index in [0.29, 0.717) is 35.8 Å². The first-order valence-electron chi connectivity index (χ1n) is 8.97. The van der Waals surface area contributed by atoms with E-state index in [-0.39, 0.29) is 17.9 Å². The smallest absolute Gasteiger partial charge is 0.254 e. The fourth-order valence-electron chi connectivity index (χ4n) is 2.77. The maximum absolute atomic E-state index is 12.1. The third-order valence-corrected chi connectivity index (χ3v) is 5.79. The van der Waals surface area contributed by atoms with Crippen LogP contribution >= 0.6 is 23.1 Å². The number of rotatable bonds is 8. The minimum absolute atomic E-state index is 0.0775. The number of carbonyl (C=O) groups is 1. The van der Waals surface area contributed by atoms with E-state index in [9.17, 15) is 9.59 Å². The highest BCUT2D eigenvalue weighted by atomic mass is 32.2. The zero-order chi connectivity index (χ0) is 19.9. The Labute approximate surface area is 171 Å². The van der Waals surface area contributed by atoms with Gasteiger partial charge in [0.1, 0.15) is 5.01 Å². The molecule has 6 nitrogen and oxygen atoms in total. The summed E-state index contributed by atoms with van der Waals surface area (Å²) >= 11 is 2.99. The summed E-state index contributed by atoms with van der Waals surface area (Å²) in [5.41, 5.74) is 3.15. The monoisotopic (exact) mass is 414 g/mol. The summed E-state index contributed by atoms with van der Waals surface area (Å²) in [6.45, 7) is 2.32. The molecule has 2 aromatic heterocycles. The van der Waals surface area contributed by atoms with E-state index in [2.05, 4.69) is 20.3 Å². The predicted octanol–water partition coefficient (Wildman–Crippen LogP) is 3.22.